The minimum absolute atomic E-state index is 0.479. The lowest BCUT2D eigenvalue weighted by Gasteiger charge is -2.23. The van der Waals surface area contributed by atoms with E-state index in [9.17, 15) is 5.11 Å². The van der Waals surface area contributed by atoms with Crippen LogP contribution in [0.1, 0.15) is 25.5 Å². The molecule has 1 unspecified atom stereocenters. The number of ether oxygens (including phenoxy) is 1. The average molecular weight is 252 g/mol. The van der Waals surface area contributed by atoms with Crippen molar-refractivity contribution >= 4 is 5.69 Å². The minimum Gasteiger partial charge on any atom is -0.399 e. The lowest BCUT2D eigenvalue weighted by Crippen LogP contribution is -2.31. The van der Waals surface area contributed by atoms with Crippen LogP contribution in [0, 0.1) is 0 Å². The van der Waals surface area contributed by atoms with E-state index < -0.39 is 6.10 Å². The van der Waals surface area contributed by atoms with Crippen molar-refractivity contribution in [3.8, 4) is 0 Å². The molecule has 1 aromatic rings. The van der Waals surface area contributed by atoms with Crippen LogP contribution >= 0.6 is 0 Å². The third kappa shape index (κ3) is 5.04. The van der Waals surface area contributed by atoms with Gasteiger partial charge in [0.1, 0.15) is 0 Å². The molecule has 0 saturated heterocycles. The Morgan fingerprint density at radius 1 is 1.28 bits per heavy atom. The fraction of sp³-hybridized carbons (Fsp3) is 0.571. The van der Waals surface area contributed by atoms with Crippen molar-refractivity contribution in [2.24, 2.45) is 0 Å². The number of hydrogen-bond acceptors (Lipinski definition) is 4. The summed E-state index contributed by atoms with van der Waals surface area (Å²) in [5, 5.41) is 10.1. The Morgan fingerprint density at radius 2 is 1.94 bits per heavy atom. The van der Waals surface area contributed by atoms with Crippen molar-refractivity contribution in [3.05, 3.63) is 29.8 Å². The molecule has 0 aliphatic heterocycles. The maximum Gasteiger partial charge on any atom is 0.0916 e. The van der Waals surface area contributed by atoms with Gasteiger partial charge in [-0.15, -0.1) is 0 Å². The van der Waals surface area contributed by atoms with E-state index in [-0.39, 0.29) is 0 Å². The number of nitrogens with zero attached hydrogens (tertiary/aromatic N) is 1. The highest BCUT2D eigenvalue weighted by molar-refractivity contribution is 5.39. The molecular formula is C14H24N2O2. The van der Waals surface area contributed by atoms with Gasteiger partial charge in [0.25, 0.3) is 0 Å². The van der Waals surface area contributed by atoms with Gasteiger partial charge in [-0.25, -0.2) is 0 Å². The van der Waals surface area contributed by atoms with Crippen molar-refractivity contribution in [1.29, 1.82) is 0 Å². The van der Waals surface area contributed by atoms with E-state index in [0.717, 1.165) is 30.9 Å². The van der Waals surface area contributed by atoms with Gasteiger partial charge < -0.3 is 15.6 Å². The standard InChI is InChI=1S/C14H24N2O2/c1-3-16(9-10-18-4-2)11-14(17)12-5-7-13(15)8-6-12/h5-8,14,17H,3-4,9-11,15H2,1-2H3. The SMILES string of the molecule is CCOCCN(CC)CC(O)c1ccc(N)cc1. The Morgan fingerprint density at radius 3 is 2.50 bits per heavy atom. The van der Waals surface area contributed by atoms with E-state index in [1.807, 2.05) is 31.2 Å². The Balaban J connectivity index is 2.45. The highest BCUT2D eigenvalue weighted by Gasteiger charge is 2.12. The number of nitrogens with two attached hydrogens (primary N) is 1. The molecule has 0 fully saturated rings. The van der Waals surface area contributed by atoms with Gasteiger partial charge in [-0.05, 0) is 31.2 Å². The van der Waals surface area contributed by atoms with Crippen LogP contribution in [0.3, 0.4) is 0 Å². The largest absolute Gasteiger partial charge is 0.399 e. The monoisotopic (exact) mass is 252 g/mol. The van der Waals surface area contributed by atoms with Crippen LogP contribution in [-0.2, 0) is 4.74 Å². The van der Waals surface area contributed by atoms with Crippen molar-refractivity contribution in [2.75, 3.05) is 38.6 Å². The molecule has 4 heteroatoms. The molecule has 0 aliphatic carbocycles. The van der Waals surface area contributed by atoms with Crippen LogP contribution in [0.4, 0.5) is 5.69 Å². The number of likely N-dealkylation sites (N-methyl/N-ethyl adjacent to an activating group) is 1. The predicted molar refractivity (Wildman–Crippen MR) is 74.4 cm³/mol. The first kappa shape index (κ1) is 15.0. The third-order valence-electron chi connectivity index (χ3n) is 2.96. The molecule has 0 amide bonds. The molecule has 0 radical (unpaired) electrons. The summed E-state index contributed by atoms with van der Waals surface area (Å²) in [5.41, 5.74) is 7.25. The van der Waals surface area contributed by atoms with Crippen molar-refractivity contribution < 1.29 is 9.84 Å². The lowest BCUT2D eigenvalue weighted by atomic mass is 10.1. The molecule has 0 aliphatic rings. The molecule has 1 atom stereocenters. The van der Waals surface area contributed by atoms with Gasteiger partial charge >= 0.3 is 0 Å². The normalized spacial score (nSPS) is 12.9. The average Bonchev–Trinajstić information content (AvgIpc) is 2.38. The first-order valence-corrected chi connectivity index (χ1v) is 6.51. The van der Waals surface area contributed by atoms with E-state index >= 15 is 0 Å². The molecule has 1 aromatic carbocycles. The van der Waals surface area contributed by atoms with Crippen molar-refractivity contribution in [3.63, 3.8) is 0 Å². The zero-order valence-electron chi connectivity index (χ0n) is 11.3. The molecule has 3 N–H and O–H groups in total. The van der Waals surface area contributed by atoms with Crippen LogP contribution in [0.15, 0.2) is 24.3 Å². The van der Waals surface area contributed by atoms with Crippen LogP contribution in [0.25, 0.3) is 0 Å². The van der Waals surface area contributed by atoms with Gasteiger partial charge in [-0.2, -0.15) is 0 Å². The summed E-state index contributed by atoms with van der Waals surface area (Å²) in [6, 6.07) is 7.37. The highest BCUT2D eigenvalue weighted by Crippen LogP contribution is 2.15. The lowest BCUT2D eigenvalue weighted by molar-refractivity contribution is 0.0792. The van der Waals surface area contributed by atoms with Gasteiger partial charge in [0.05, 0.1) is 12.7 Å². The smallest absolute Gasteiger partial charge is 0.0916 e. The molecule has 18 heavy (non-hydrogen) atoms. The van der Waals surface area contributed by atoms with Crippen molar-refractivity contribution in [1.82, 2.24) is 4.90 Å². The van der Waals surface area contributed by atoms with E-state index in [4.69, 9.17) is 10.5 Å². The second-order valence-corrected chi connectivity index (χ2v) is 4.27. The summed E-state index contributed by atoms with van der Waals surface area (Å²) in [4.78, 5) is 2.18. The molecule has 102 valence electrons. The number of benzene rings is 1. The van der Waals surface area contributed by atoms with Gasteiger partial charge in [-0.3, -0.25) is 4.90 Å². The third-order valence-corrected chi connectivity index (χ3v) is 2.96. The number of nitrogen functional groups attached to an aromatic ring is 1. The number of aliphatic hydroxyl groups excluding tert-OH is 1. The van der Waals surface area contributed by atoms with Crippen LogP contribution in [-0.4, -0.2) is 42.9 Å². The summed E-state index contributed by atoms with van der Waals surface area (Å²) in [6.45, 7) is 7.88. The summed E-state index contributed by atoms with van der Waals surface area (Å²) in [5.74, 6) is 0. The summed E-state index contributed by atoms with van der Waals surface area (Å²) in [6.07, 6.45) is -0.479. The van der Waals surface area contributed by atoms with Crippen LogP contribution < -0.4 is 5.73 Å². The molecule has 0 spiro atoms. The maximum absolute atomic E-state index is 10.1. The zero-order chi connectivity index (χ0) is 13.4. The zero-order valence-corrected chi connectivity index (χ0v) is 11.3. The number of rotatable bonds is 8. The number of aliphatic hydroxyl groups is 1. The second kappa shape index (κ2) is 8.08. The molecular weight excluding hydrogens is 228 g/mol. The Labute approximate surface area is 109 Å². The molecule has 1 rings (SSSR count). The Hall–Kier alpha value is -1.10. The summed E-state index contributed by atoms with van der Waals surface area (Å²) in [7, 11) is 0. The van der Waals surface area contributed by atoms with E-state index in [2.05, 4.69) is 11.8 Å². The minimum atomic E-state index is -0.479. The first-order chi connectivity index (χ1) is 8.67. The number of anilines is 1. The molecule has 0 saturated carbocycles. The van der Waals surface area contributed by atoms with E-state index in [1.165, 1.54) is 0 Å². The molecule has 0 heterocycles. The Kier molecular flexibility index (Phi) is 6.72. The highest BCUT2D eigenvalue weighted by atomic mass is 16.5. The summed E-state index contributed by atoms with van der Waals surface area (Å²) >= 11 is 0. The molecule has 0 aromatic heterocycles. The van der Waals surface area contributed by atoms with Gasteiger partial charge in [0.15, 0.2) is 0 Å². The number of hydrogen-bond donors (Lipinski definition) is 2. The molecule has 0 bridgehead atoms. The van der Waals surface area contributed by atoms with E-state index in [1.54, 1.807) is 0 Å². The van der Waals surface area contributed by atoms with Crippen LogP contribution in [0.5, 0.6) is 0 Å². The summed E-state index contributed by atoms with van der Waals surface area (Å²) < 4.78 is 5.33. The van der Waals surface area contributed by atoms with Crippen molar-refractivity contribution in [2.45, 2.75) is 20.0 Å². The fourth-order valence-electron chi connectivity index (χ4n) is 1.78. The van der Waals surface area contributed by atoms with Crippen LogP contribution in [0.2, 0.25) is 0 Å². The van der Waals surface area contributed by atoms with Gasteiger partial charge in [-0.1, -0.05) is 19.1 Å². The fourth-order valence-corrected chi connectivity index (χ4v) is 1.78. The quantitative estimate of drug-likeness (QED) is 0.546. The van der Waals surface area contributed by atoms with E-state index in [0.29, 0.717) is 13.2 Å². The first-order valence-electron chi connectivity index (χ1n) is 6.51. The predicted octanol–water partition coefficient (Wildman–Crippen LogP) is 1.66. The topological polar surface area (TPSA) is 58.7 Å². The Bertz CT molecular complexity index is 327. The molecule has 4 nitrogen and oxygen atoms in total. The van der Waals surface area contributed by atoms with Gasteiger partial charge in [0, 0.05) is 25.4 Å². The van der Waals surface area contributed by atoms with Gasteiger partial charge in [0.2, 0.25) is 0 Å². The maximum atomic E-state index is 10.1. The second-order valence-electron chi connectivity index (χ2n) is 4.27.